The smallest absolute Gasteiger partial charge is 0.283 e. The largest absolute Gasteiger partial charge is 0.347 e. The number of rotatable bonds is 5. The molecule has 2 saturated carbocycles. The van der Waals surface area contributed by atoms with E-state index >= 15 is 0 Å². The quantitative estimate of drug-likeness (QED) is 0.357. The molecule has 1 saturated heterocycles. The first-order valence-electron chi connectivity index (χ1n) is 13.5. The van der Waals surface area contributed by atoms with Crippen LogP contribution < -0.4 is 10.1 Å². The molecule has 2 N–H and O–H groups in total. The fraction of sp³-hybridized carbons (Fsp3) is 0.323. The van der Waals surface area contributed by atoms with Crippen LogP contribution in [-0.2, 0) is 21.4 Å². The number of pyridine rings is 2. The Balaban J connectivity index is 1.24. The highest BCUT2D eigenvalue weighted by molar-refractivity contribution is 5.92. The minimum absolute atomic E-state index is 0.428. The van der Waals surface area contributed by atoms with Gasteiger partial charge in [0.1, 0.15) is 5.69 Å². The standard InChI is InChI=1S/C31H30N5O2/c32-30(19-31(20-30)37-14-15-38-31)24-8-10-25(11-9-24)36-29-26-17-23(22-4-2-1-3-5-22)18-33-27(26)12-13-35(29)28(34-36)16-21-6-7-21/h1-5,8-13,17-18,21H,6-7,14-16,19-20,32H2/q+1. The maximum atomic E-state index is 6.78. The Morgan fingerprint density at radius 2 is 1.71 bits per heavy atom. The average Bonchev–Trinajstić information content (AvgIpc) is 3.50. The molecule has 0 bridgehead atoms. The third-order valence-electron chi connectivity index (χ3n) is 8.41. The van der Waals surface area contributed by atoms with E-state index in [4.69, 9.17) is 25.3 Å². The molecule has 0 atom stereocenters. The first-order chi connectivity index (χ1) is 18.6. The normalized spacial score (nSPS) is 19.8. The summed E-state index contributed by atoms with van der Waals surface area (Å²) >= 11 is 0. The summed E-state index contributed by atoms with van der Waals surface area (Å²) in [7, 11) is 0. The molecule has 3 fully saturated rings. The molecule has 2 aromatic carbocycles. The number of benzene rings is 2. The fourth-order valence-corrected chi connectivity index (χ4v) is 6.21. The van der Waals surface area contributed by atoms with Gasteiger partial charge in [0.2, 0.25) is 0 Å². The Bertz CT molecular complexity index is 1660. The Morgan fingerprint density at radius 3 is 2.45 bits per heavy atom. The highest BCUT2D eigenvalue weighted by Crippen LogP contribution is 2.51. The van der Waals surface area contributed by atoms with Crippen molar-refractivity contribution in [3.8, 4) is 16.8 Å². The van der Waals surface area contributed by atoms with Crippen molar-refractivity contribution in [2.24, 2.45) is 11.7 Å². The first kappa shape index (κ1) is 22.3. The van der Waals surface area contributed by atoms with Crippen molar-refractivity contribution >= 4 is 16.6 Å². The van der Waals surface area contributed by atoms with Gasteiger partial charge in [0.05, 0.1) is 35.9 Å². The van der Waals surface area contributed by atoms with Crippen molar-refractivity contribution in [1.29, 1.82) is 0 Å². The van der Waals surface area contributed by atoms with Gasteiger partial charge < -0.3 is 15.2 Å². The van der Waals surface area contributed by atoms with E-state index in [9.17, 15) is 0 Å². The van der Waals surface area contributed by atoms with E-state index in [0.29, 0.717) is 26.1 Å². The molecule has 7 nitrogen and oxygen atoms in total. The maximum absolute atomic E-state index is 6.78. The lowest BCUT2D eigenvalue weighted by Gasteiger charge is -2.50. The van der Waals surface area contributed by atoms with E-state index in [0.717, 1.165) is 57.1 Å². The van der Waals surface area contributed by atoms with E-state index in [-0.39, 0.29) is 0 Å². The number of nitrogens with zero attached hydrogens (tertiary/aromatic N) is 4. The minimum Gasteiger partial charge on any atom is -0.347 e. The molecule has 0 radical (unpaired) electrons. The molecule has 38 heavy (non-hydrogen) atoms. The monoisotopic (exact) mass is 504 g/mol. The number of hydrogen-bond acceptors (Lipinski definition) is 5. The summed E-state index contributed by atoms with van der Waals surface area (Å²) < 4.78 is 16.0. The van der Waals surface area contributed by atoms with Gasteiger partial charge in [-0.15, -0.1) is 0 Å². The molecule has 7 heteroatoms. The van der Waals surface area contributed by atoms with Crippen LogP contribution >= 0.6 is 0 Å². The molecule has 3 aliphatic rings. The Hall–Kier alpha value is -3.65. The summed E-state index contributed by atoms with van der Waals surface area (Å²) in [5.41, 5.74) is 12.7. The van der Waals surface area contributed by atoms with Crippen LogP contribution in [0.15, 0.2) is 79.1 Å². The summed E-state index contributed by atoms with van der Waals surface area (Å²) in [6.07, 6.45) is 8.99. The van der Waals surface area contributed by atoms with Crippen molar-refractivity contribution in [3.05, 3.63) is 90.5 Å². The van der Waals surface area contributed by atoms with E-state index in [1.165, 1.54) is 12.8 Å². The van der Waals surface area contributed by atoms with Gasteiger partial charge in [-0.25, -0.2) is 4.40 Å². The van der Waals surface area contributed by atoms with Gasteiger partial charge in [-0.05, 0) is 54.2 Å². The molecule has 2 aliphatic carbocycles. The van der Waals surface area contributed by atoms with Crippen LogP contribution in [0.1, 0.15) is 37.1 Å². The van der Waals surface area contributed by atoms with Crippen LogP contribution in [0.4, 0.5) is 0 Å². The van der Waals surface area contributed by atoms with E-state index in [1.54, 1.807) is 0 Å². The molecule has 8 rings (SSSR count). The lowest BCUT2D eigenvalue weighted by Crippen LogP contribution is -2.60. The molecular weight excluding hydrogens is 474 g/mol. The first-order valence-corrected chi connectivity index (χ1v) is 13.5. The molecule has 1 aliphatic heterocycles. The average molecular weight is 505 g/mol. The Kier molecular flexibility index (Phi) is 4.81. The summed E-state index contributed by atoms with van der Waals surface area (Å²) in [6.45, 7) is 1.30. The predicted molar refractivity (Wildman–Crippen MR) is 144 cm³/mol. The highest BCUT2D eigenvalue weighted by Gasteiger charge is 2.57. The molecule has 190 valence electrons. The second-order valence-electron chi connectivity index (χ2n) is 11.2. The number of fused-ring (bicyclic) bond motifs is 3. The highest BCUT2D eigenvalue weighted by atomic mass is 16.7. The molecule has 0 unspecified atom stereocenters. The van der Waals surface area contributed by atoms with Crippen LogP contribution in [0.25, 0.3) is 33.4 Å². The van der Waals surface area contributed by atoms with E-state index < -0.39 is 11.3 Å². The van der Waals surface area contributed by atoms with Crippen molar-refractivity contribution < 1.29 is 13.9 Å². The lowest BCUT2D eigenvalue weighted by atomic mass is 9.68. The lowest BCUT2D eigenvalue weighted by molar-refractivity contribution is -0.521. The maximum Gasteiger partial charge on any atom is 0.283 e. The van der Waals surface area contributed by atoms with Crippen molar-refractivity contribution in [2.75, 3.05) is 13.2 Å². The van der Waals surface area contributed by atoms with Crippen LogP contribution in [0.3, 0.4) is 0 Å². The zero-order valence-corrected chi connectivity index (χ0v) is 21.2. The summed E-state index contributed by atoms with van der Waals surface area (Å²) in [5, 5.41) is 6.24. The molecule has 3 aromatic heterocycles. The zero-order valence-electron chi connectivity index (χ0n) is 21.2. The van der Waals surface area contributed by atoms with E-state index in [1.807, 2.05) is 12.3 Å². The second-order valence-corrected chi connectivity index (χ2v) is 11.2. The number of aromatic nitrogens is 4. The summed E-state index contributed by atoms with van der Waals surface area (Å²) in [4.78, 5) is 4.83. The molecule has 5 aromatic rings. The summed E-state index contributed by atoms with van der Waals surface area (Å²) in [6, 6.07) is 23.3. The van der Waals surface area contributed by atoms with Crippen molar-refractivity contribution in [3.63, 3.8) is 0 Å². The predicted octanol–water partition coefficient (Wildman–Crippen LogP) is 4.47. The van der Waals surface area contributed by atoms with Gasteiger partial charge in [-0.3, -0.25) is 4.98 Å². The summed E-state index contributed by atoms with van der Waals surface area (Å²) in [5.74, 6) is 1.33. The van der Waals surface area contributed by atoms with Gasteiger partial charge in [0.25, 0.3) is 11.5 Å². The van der Waals surface area contributed by atoms with Gasteiger partial charge >= 0.3 is 0 Å². The third kappa shape index (κ3) is 3.57. The van der Waals surface area contributed by atoms with Crippen molar-refractivity contribution in [1.82, 2.24) is 14.8 Å². The van der Waals surface area contributed by atoms with Crippen LogP contribution in [-0.4, -0.2) is 33.8 Å². The minimum atomic E-state index is -0.484. The number of ether oxygens (including phenoxy) is 2. The van der Waals surface area contributed by atoms with E-state index in [2.05, 4.69) is 75.9 Å². The van der Waals surface area contributed by atoms with Gasteiger partial charge in [-0.1, -0.05) is 47.1 Å². The zero-order chi connectivity index (χ0) is 25.3. The van der Waals surface area contributed by atoms with Gasteiger partial charge in [-0.2, -0.15) is 0 Å². The topological polar surface area (TPSA) is 79.3 Å². The SMILES string of the molecule is NC1(c2ccc(-n3nc(CC4CC4)[n+]4ccc5ncc(-c6ccccc6)cc5c34)cc2)CC2(C1)OCCO2. The number of hydrogen-bond donors (Lipinski definition) is 1. The molecule has 1 spiro atoms. The molecular formula is C31H30N5O2+. The van der Waals surface area contributed by atoms with Gasteiger partial charge in [0, 0.05) is 36.1 Å². The van der Waals surface area contributed by atoms with Gasteiger partial charge in [0.15, 0.2) is 5.79 Å². The third-order valence-corrected chi connectivity index (χ3v) is 8.41. The Labute approximate surface area is 220 Å². The Morgan fingerprint density at radius 1 is 0.947 bits per heavy atom. The van der Waals surface area contributed by atoms with Crippen LogP contribution in [0.5, 0.6) is 0 Å². The second kappa shape index (κ2) is 8.17. The van der Waals surface area contributed by atoms with Crippen LogP contribution in [0.2, 0.25) is 0 Å². The molecule has 4 heterocycles. The van der Waals surface area contributed by atoms with Crippen LogP contribution in [0, 0.1) is 5.92 Å². The number of nitrogens with two attached hydrogens (primary N) is 1. The fourth-order valence-electron chi connectivity index (χ4n) is 6.21. The molecule has 0 amide bonds. The van der Waals surface area contributed by atoms with Crippen molar-refractivity contribution in [2.45, 2.75) is 43.4 Å².